The van der Waals surface area contributed by atoms with Gasteiger partial charge in [-0.1, -0.05) is 26.0 Å². The van der Waals surface area contributed by atoms with E-state index < -0.39 is 6.43 Å². The molecule has 5 aromatic rings. The molecule has 1 aliphatic rings. The highest BCUT2D eigenvalue weighted by molar-refractivity contribution is 5.97. The number of fused-ring (bicyclic) bond motifs is 1. The number of aromatic amines is 1. The largest absolute Gasteiger partial charge is 0.398 e. The van der Waals surface area contributed by atoms with Gasteiger partial charge in [0.2, 0.25) is 0 Å². The fourth-order valence-corrected chi connectivity index (χ4v) is 5.05. The summed E-state index contributed by atoms with van der Waals surface area (Å²) < 4.78 is 29.9. The number of hydrogen-bond donors (Lipinski definition) is 2. The second kappa shape index (κ2) is 9.40. The van der Waals surface area contributed by atoms with Crippen LogP contribution in [-0.4, -0.2) is 40.7 Å². The monoisotopic (exact) mass is 529 g/mol. The molecule has 9 nitrogen and oxygen atoms in total. The molecular formula is C28H29F2N9. The number of hydrogen-bond acceptors (Lipinski definition) is 6. The van der Waals surface area contributed by atoms with Crippen molar-refractivity contribution in [3.63, 3.8) is 0 Å². The minimum absolute atomic E-state index is 0.154. The lowest BCUT2D eigenvalue weighted by Gasteiger charge is -2.12. The van der Waals surface area contributed by atoms with Gasteiger partial charge in [-0.15, -0.1) is 0 Å². The maximum atomic E-state index is 13.0. The number of aliphatic imine (C=N–C) groups is 1. The second-order valence-electron chi connectivity index (χ2n) is 10.3. The van der Waals surface area contributed by atoms with Crippen molar-refractivity contribution in [1.29, 1.82) is 0 Å². The summed E-state index contributed by atoms with van der Waals surface area (Å²) in [5.41, 5.74) is 12.7. The van der Waals surface area contributed by atoms with Crippen molar-refractivity contribution < 1.29 is 8.78 Å². The Balaban J connectivity index is 1.51. The number of aromatic nitrogens is 7. The summed E-state index contributed by atoms with van der Waals surface area (Å²) in [4.78, 5) is 14.5. The number of nitrogens with one attached hydrogen (secondary N) is 1. The first-order valence-electron chi connectivity index (χ1n) is 12.9. The SMILES string of the molecule is CC(C)c1nc2nn(C)cc2cc1-c1nc(-c2cccc(N)c2C=Nc2cc(C(F)F)[nH]n2)c(C2CC2)n1C. The van der Waals surface area contributed by atoms with E-state index in [-0.39, 0.29) is 17.4 Å². The fourth-order valence-electron chi connectivity index (χ4n) is 5.05. The number of halogens is 2. The Labute approximate surface area is 223 Å². The highest BCUT2D eigenvalue weighted by Crippen LogP contribution is 2.47. The second-order valence-corrected chi connectivity index (χ2v) is 10.3. The molecule has 0 radical (unpaired) electrons. The van der Waals surface area contributed by atoms with Crippen molar-refractivity contribution in [2.24, 2.45) is 19.1 Å². The van der Waals surface area contributed by atoms with Gasteiger partial charge in [0, 0.05) is 71.9 Å². The predicted octanol–water partition coefficient (Wildman–Crippen LogP) is 6.03. The molecule has 4 aromatic heterocycles. The van der Waals surface area contributed by atoms with Crippen LogP contribution >= 0.6 is 0 Å². The van der Waals surface area contributed by atoms with E-state index in [1.807, 2.05) is 32.4 Å². The molecule has 1 aliphatic carbocycles. The smallest absolute Gasteiger partial charge is 0.279 e. The Morgan fingerprint density at radius 2 is 1.92 bits per heavy atom. The van der Waals surface area contributed by atoms with Crippen LogP contribution in [0.2, 0.25) is 0 Å². The van der Waals surface area contributed by atoms with E-state index in [0.29, 0.717) is 22.8 Å². The molecule has 4 heterocycles. The number of rotatable bonds is 7. The fraction of sp³-hybridized carbons (Fsp3) is 0.321. The van der Waals surface area contributed by atoms with E-state index in [1.54, 1.807) is 17.0 Å². The van der Waals surface area contributed by atoms with Gasteiger partial charge in [-0.25, -0.2) is 23.7 Å². The van der Waals surface area contributed by atoms with Crippen LogP contribution in [0.25, 0.3) is 33.7 Å². The molecule has 0 unspecified atom stereocenters. The number of aryl methyl sites for hydroxylation is 1. The molecule has 0 spiro atoms. The van der Waals surface area contributed by atoms with Crippen LogP contribution in [-0.2, 0) is 14.1 Å². The Bertz CT molecular complexity index is 1720. The number of nitrogens with two attached hydrogens (primary N) is 1. The van der Waals surface area contributed by atoms with Gasteiger partial charge in [0.05, 0.1) is 11.4 Å². The summed E-state index contributed by atoms with van der Waals surface area (Å²) in [6.45, 7) is 4.24. The van der Waals surface area contributed by atoms with E-state index in [4.69, 9.17) is 15.7 Å². The van der Waals surface area contributed by atoms with Crippen LogP contribution in [0.1, 0.15) is 67.6 Å². The van der Waals surface area contributed by atoms with Crippen LogP contribution in [0.3, 0.4) is 0 Å². The van der Waals surface area contributed by atoms with Crippen LogP contribution in [0.5, 0.6) is 0 Å². The third-order valence-corrected chi connectivity index (χ3v) is 7.07. The van der Waals surface area contributed by atoms with Gasteiger partial charge in [-0.05, 0) is 30.9 Å². The first kappa shape index (κ1) is 24.9. The minimum Gasteiger partial charge on any atom is -0.398 e. The van der Waals surface area contributed by atoms with Gasteiger partial charge in [-0.3, -0.25) is 9.78 Å². The Morgan fingerprint density at radius 3 is 2.62 bits per heavy atom. The Morgan fingerprint density at radius 1 is 1.13 bits per heavy atom. The molecule has 1 aromatic carbocycles. The normalized spacial score (nSPS) is 14.1. The number of anilines is 1. The first-order valence-corrected chi connectivity index (χ1v) is 12.9. The van der Waals surface area contributed by atoms with Crippen molar-refractivity contribution in [3.05, 3.63) is 59.2 Å². The number of imidazole rings is 1. The van der Waals surface area contributed by atoms with Gasteiger partial charge in [0.25, 0.3) is 6.43 Å². The van der Waals surface area contributed by atoms with Gasteiger partial charge in [0.15, 0.2) is 11.5 Å². The molecule has 11 heteroatoms. The van der Waals surface area contributed by atoms with Gasteiger partial charge in [0.1, 0.15) is 11.5 Å². The first-order chi connectivity index (χ1) is 18.7. The molecule has 6 rings (SSSR count). The molecule has 0 atom stereocenters. The van der Waals surface area contributed by atoms with Gasteiger partial charge >= 0.3 is 0 Å². The number of pyridine rings is 1. The third kappa shape index (κ3) is 4.47. The van der Waals surface area contributed by atoms with Crippen molar-refractivity contribution >= 4 is 28.8 Å². The number of benzene rings is 1. The van der Waals surface area contributed by atoms with Crippen molar-refractivity contribution in [3.8, 4) is 22.6 Å². The van der Waals surface area contributed by atoms with E-state index in [9.17, 15) is 8.78 Å². The predicted molar refractivity (Wildman–Crippen MR) is 147 cm³/mol. The van der Waals surface area contributed by atoms with Crippen molar-refractivity contribution in [2.75, 3.05) is 5.73 Å². The molecule has 1 fully saturated rings. The number of nitrogen functional groups attached to an aromatic ring is 1. The topological polar surface area (TPSA) is 116 Å². The molecule has 0 saturated heterocycles. The van der Waals surface area contributed by atoms with Gasteiger partial charge in [-0.2, -0.15) is 10.2 Å². The average molecular weight is 530 g/mol. The van der Waals surface area contributed by atoms with Crippen molar-refractivity contribution in [1.82, 2.24) is 34.5 Å². The lowest BCUT2D eigenvalue weighted by Crippen LogP contribution is -2.03. The number of nitrogens with zero attached hydrogens (tertiary/aromatic N) is 7. The summed E-state index contributed by atoms with van der Waals surface area (Å²) in [7, 11) is 3.94. The van der Waals surface area contributed by atoms with Crippen LogP contribution in [0, 0.1) is 0 Å². The lowest BCUT2D eigenvalue weighted by molar-refractivity contribution is 0.146. The summed E-state index contributed by atoms with van der Waals surface area (Å²) in [5, 5.41) is 11.6. The maximum Gasteiger partial charge on any atom is 0.279 e. The van der Waals surface area contributed by atoms with Crippen LogP contribution < -0.4 is 5.73 Å². The number of alkyl halides is 2. The zero-order valence-electron chi connectivity index (χ0n) is 22.2. The minimum atomic E-state index is -2.65. The van der Waals surface area contributed by atoms with E-state index in [2.05, 4.69) is 44.8 Å². The van der Waals surface area contributed by atoms with Crippen LogP contribution in [0.4, 0.5) is 20.3 Å². The molecule has 200 valence electrons. The zero-order valence-corrected chi connectivity index (χ0v) is 22.2. The lowest BCUT2D eigenvalue weighted by atomic mass is 10.0. The maximum absolute atomic E-state index is 13.0. The molecule has 0 amide bonds. The van der Waals surface area contributed by atoms with E-state index >= 15 is 0 Å². The molecule has 0 aliphatic heterocycles. The summed E-state index contributed by atoms with van der Waals surface area (Å²) in [6.07, 6.45) is 3.05. The summed E-state index contributed by atoms with van der Waals surface area (Å²) >= 11 is 0. The van der Waals surface area contributed by atoms with Gasteiger partial charge < -0.3 is 10.3 Å². The molecular weight excluding hydrogens is 500 g/mol. The highest BCUT2D eigenvalue weighted by atomic mass is 19.3. The molecule has 39 heavy (non-hydrogen) atoms. The Hall–Kier alpha value is -4.41. The van der Waals surface area contributed by atoms with Crippen LogP contribution in [0.15, 0.2) is 41.5 Å². The zero-order chi connectivity index (χ0) is 27.4. The number of H-pyrrole nitrogens is 1. The Kier molecular flexibility index (Phi) is 6.00. The average Bonchev–Trinajstić information content (AvgIpc) is 3.33. The van der Waals surface area contributed by atoms with E-state index in [1.165, 1.54) is 6.07 Å². The summed E-state index contributed by atoms with van der Waals surface area (Å²) in [5.74, 6) is 1.53. The quantitative estimate of drug-likeness (QED) is 0.197. The molecule has 3 N–H and O–H groups in total. The highest BCUT2D eigenvalue weighted by Gasteiger charge is 2.33. The third-order valence-electron chi connectivity index (χ3n) is 7.07. The molecule has 0 bridgehead atoms. The summed E-state index contributed by atoms with van der Waals surface area (Å²) in [6, 6.07) is 8.99. The van der Waals surface area contributed by atoms with E-state index in [0.717, 1.165) is 52.3 Å². The standard InChI is InChI=1S/C28H29F2N9/c1-14(2)23-18(10-16-13-38(3)37-27(16)33-23)28-34-24(25(39(28)4)15-8-9-15)17-6-5-7-20(31)19(17)12-32-22-11-21(26(29)30)35-36-22/h5-7,10-15,26H,8-9,31H2,1-4H3,(H,35,36). The van der Waals surface area contributed by atoms with Crippen molar-refractivity contribution in [2.45, 2.75) is 45.0 Å². The molecule has 1 saturated carbocycles.